The predicted molar refractivity (Wildman–Crippen MR) is 65.9 cm³/mol. The van der Waals surface area contributed by atoms with Crippen LogP contribution >= 0.6 is 11.3 Å². The lowest BCUT2D eigenvalue weighted by molar-refractivity contribution is 0.0728. The molecule has 1 atom stereocenters. The minimum atomic E-state index is 0.0448. The van der Waals surface area contributed by atoms with Crippen molar-refractivity contribution in [2.75, 3.05) is 6.54 Å². The first-order valence-electron chi connectivity index (χ1n) is 5.68. The average Bonchev–Trinajstić information content (AvgIpc) is 3.09. The van der Waals surface area contributed by atoms with Gasteiger partial charge in [0, 0.05) is 23.8 Å². The maximum atomic E-state index is 12.3. The van der Waals surface area contributed by atoms with Crippen LogP contribution in [0.1, 0.15) is 35.1 Å². The number of hydrogen-bond acceptors (Lipinski definition) is 3. The fourth-order valence-electron chi connectivity index (χ4n) is 2.35. The third-order valence-electron chi connectivity index (χ3n) is 3.15. The van der Waals surface area contributed by atoms with Gasteiger partial charge in [0.05, 0.1) is 11.6 Å². The van der Waals surface area contributed by atoms with Crippen LogP contribution in [0.4, 0.5) is 0 Å². The third kappa shape index (κ3) is 1.86. The zero-order valence-corrected chi connectivity index (χ0v) is 10.1. The predicted octanol–water partition coefficient (Wildman–Crippen LogP) is 2.45. The van der Waals surface area contributed by atoms with E-state index in [2.05, 4.69) is 9.97 Å². The van der Waals surface area contributed by atoms with Gasteiger partial charge in [0.15, 0.2) is 0 Å². The highest BCUT2D eigenvalue weighted by Gasteiger charge is 2.31. The quantitative estimate of drug-likeness (QED) is 0.886. The summed E-state index contributed by atoms with van der Waals surface area (Å²) in [6.45, 7) is 0.819. The number of aromatic amines is 1. The Morgan fingerprint density at radius 2 is 2.53 bits per heavy atom. The molecule has 5 heteroatoms. The van der Waals surface area contributed by atoms with Crippen molar-refractivity contribution in [1.82, 2.24) is 14.9 Å². The summed E-state index contributed by atoms with van der Waals surface area (Å²) in [5.74, 6) is 0.0448. The van der Waals surface area contributed by atoms with Crippen molar-refractivity contribution in [2.45, 2.75) is 18.9 Å². The van der Waals surface area contributed by atoms with Crippen molar-refractivity contribution in [3.63, 3.8) is 0 Å². The summed E-state index contributed by atoms with van der Waals surface area (Å²) in [5, 5.41) is 1.81. The number of rotatable bonds is 2. The van der Waals surface area contributed by atoms with Gasteiger partial charge in [0.25, 0.3) is 5.91 Å². The molecule has 1 aliphatic rings. The Kier molecular flexibility index (Phi) is 2.68. The fraction of sp³-hybridized carbons (Fsp3) is 0.333. The number of nitrogens with zero attached hydrogens (tertiary/aromatic N) is 2. The summed E-state index contributed by atoms with van der Waals surface area (Å²) in [6, 6.07) is 4.19. The smallest absolute Gasteiger partial charge is 0.273 e. The Bertz CT molecular complexity index is 492. The van der Waals surface area contributed by atoms with Gasteiger partial charge in [-0.05, 0) is 25.0 Å². The Hall–Kier alpha value is -1.62. The molecule has 0 spiro atoms. The molecular formula is C12H13N3OS. The molecule has 0 radical (unpaired) electrons. The van der Waals surface area contributed by atoms with Crippen molar-refractivity contribution in [1.29, 1.82) is 0 Å². The first-order valence-corrected chi connectivity index (χ1v) is 6.63. The molecule has 1 N–H and O–H groups in total. The van der Waals surface area contributed by atoms with Crippen LogP contribution < -0.4 is 0 Å². The molecule has 1 unspecified atom stereocenters. The molecule has 0 saturated carbocycles. The van der Waals surface area contributed by atoms with E-state index in [9.17, 15) is 4.79 Å². The van der Waals surface area contributed by atoms with Crippen LogP contribution in [0, 0.1) is 0 Å². The highest BCUT2D eigenvalue weighted by Crippen LogP contribution is 2.31. The van der Waals surface area contributed by atoms with E-state index >= 15 is 0 Å². The van der Waals surface area contributed by atoms with Crippen molar-refractivity contribution in [3.8, 4) is 0 Å². The molecule has 0 aromatic carbocycles. The molecule has 1 saturated heterocycles. The van der Waals surface area contributed by atoms with Crippen LogP contribution in [0.15, 0.2) is 29.2 Å². The molecule has 3 heterocycles. The third-order valence-corrected chi connectivity index (χ3v) is 3.73. The molecule has 2 aromatic heterocycles. The number of carbonyl (C=O) groups excluding carboxylic acids is 1. The number of carbonyl (C=O) groups is 1. The lowest BCUT2D eigenvalue weighted by atomic mass is 10.1. The summed E-state index contributed by atoms with van der Waals surface area (Å²) < 4.78 is 0. The minimum absolute atomic E-state index is 0.0448. The van der Waals surface area contributed by atoms with Gasteiger partial charge < -0.3 is 9.88 Å². The Labute approximate surface area is 103 Å². The van der Waals surface area contributed by atoms with E-state index in [1.807, 2.05) is 28.6 Å². The summed E-state index contributed by atoms with van der Waals surface area (Å²) in [5.41, 5.74) is 3.38. The maximum Gasteiger partial charge on any atom is 0.273 e. The van der Waals surface area contributed by atoms with Crippen molar-refractivity contribution in [2.24, 2.45) is 0 Å². The van der Waals surface area contributed by atoms with Gasteiger partial charge in [-0.25, -0.2) is 4.98 Å². The maximum absolute atomic E-state index is 12.3. The number of nitrogens with one attached hydrogen (secondary N) is 1. The largest absolute Gasteiger partial charge is 0.363 e. The Balaban J connectivity index is 1.85. The molecule has 17 heavy (non-hydrogen) atoms. The topological polar surface area (TPSA) is 49.0 Å². The highest BCUT2D eigenvalue weighted by molar-refractivity contribution is 7.07. The second-order valence-corrected chi connectivity index (χ2v) is 4.87. The van der Waals surface area contributed by atoms with Crippen LogP contribution in [0.3, 0.4) is 0 Å². The van der Waals surface area contributed by atoms with Gasteiger partial charge in [0.2, 0.25) is 0 Å². The first kappa shape index (κ1) is 10.5. The normalized spacial score (nSPS) is 19.8. The van der Waals surface area contributed by atoms with Gasteiger partial charge in [-0.15, -0.1) is 11.3 Å². The van der Waals surface area contributed by atoms with Crippen LogP contribution in [0.2, 0.25) is 0 Å². The molecule has 4 nitrogen and oxygen atoms in total. The van der Waals surface area contributed by atoms with Crippen molar-refractivity contribution >= 4 is 17.2 Å². The molecular weight excluding hydrogens is 234 g/mol. The molecule has 2 aromatic rings. The second kappa shape index (κ2) is 4.33. The zero-order valence-electron chi connectivity index (χ0n) is 9.30. The second-order valence-electron chi connectivity index (χ2n) is 4.16. The lowest BCUT2D eigenvalue weighted by Gasteiger charge is -2.23. The van der Waals surface area contributed by atoms with E-state index in [-0.39, 0.29) is 11.9 Å². The number of amides is 1. The Morgan fingerprint density at radius 3 is 3.24 bits per heavy atom. The van der Waals surface area contributed by atoms with Crippen molar-refractivity contribution < 1.29 is 4.79 Å². The fourth-order valence-corrected chi connectivity index (χ4v) is 2.88. The van der Waals surface area contributed by atoms with E-state index < -0.39 is 0 Å². The minimum Gasteiger partial charge on any atom is -0.363 e. The van der Waals surface area contributed by atoms with E-state index in [1.54, 1.807) is 5.51 Å². The van der Waals surface area contributed by atoms with Crippen LogP contribution in [-0.4, -0.2) is 27.3 Å². The number of likely N-dealkylation sites (tertiary alicyclic amines) is 1. The van der Waals surface area contributed by atoms with E-state index in [4.69, 9.17) is 0 Å². The summed E-state index contributed by atoms with van der Waals surface area (Å²) >= 11 is 1.46. The average molecular weight is 247 g/mol. The number of hydrogen-bond donors (Lipinski definition) is 1. The molecule has 3 rings (SSSR count). The van der Waals surface area contributed by atoms with Crippen molar-refractivity contribution in [3.05, 3.63) is 40.6 Å². The SMILES string of the molecule is O=C(c1cscn1)N1CCCC1c1ccc[nH]1. The number of aromatic nitrogens is 2. The van der Waals surface area contributed by atoms with Gasteiger partial charge in [0.1, 0.15) is 5.69 Å². The summed E-state index contributed by atoms with van der Waals surface area (Å²) in [4.78, 5) is 21.5. The van der Waals surface area contributed by atoms with E-state index in [0.717, 1.165) is 25.1 Å². The van der Waals surface area contributed by atoms with Crippen LogP contribution in [0.5, 0.6) is 0 Å². The number of H-pyrrole nitrogens is 1. The zero-order chi connectivity index (χ0) is 11.7. The summed E-state index contributed by atoms with van der Waals surface area (Å²) in [6.07, 6.45) is 3.98. The lowest BCUT2D eigenvalue weighted by Crippen LogP contribution is -2.30. The highest BCUT2D eigenvalue weighted by atomic mass is 32.1. The van der Waals surface area contributed by atoms with Crippen LogP contribution in [0.25, 0.3) is 0 Å². The Morgan fingerprint density at radius 1 is 1.59 bits per heavy atom. The van der Waals surface area contributed by atoms with E-state index in [0.29, 0.717) is 5.69 Å². The molecule has 1 amide bonds. The monoisotopic (exact) mass is 247 g/mol. The molecule has 1 aliphatic heterocycles. The first-order chi connectivity index (χ1) is 8.36. The molecule has 0 aliphatic carbocycles. The number of thiazole rings is 1. The van der Waals surface area contributed by atoms with Gasteiger partial charge in [-0.1, -0.05) is 0 Å². The summed E-state index contributed by atoms with van der Waals surface area (Å²) in [7, 11) is 0. The molecule has 0 bridgehead atoms. The van der Waals surface area contributed by atoms with E-state index in [1.165, 1.54) is 11.3 Å². The van der Waals surface area contributed by atoms with Crippen LogP contribution in [-0.2, 0) is 0 Å². The molecule has 88 valence electrons. The molecule has 1 fully saturated rings. The van der Waals surface area contributed by atoms with Gasteiger partial charge >= 0.3 is 0 Å². The standard InChI is InChI=1S/C12H13N3OS/c16-12(10-7-17-8-14-10)15-6-2-4-11(15)9-3-1-5-13-9/h1,3,5,7-8,11,13H,2,4,6H2. The van der Waals surface area contributed by atoms with Gasteiger partial charge in [-0.3, -0.25) is 4.79 Å². The van der Waals surface area contributed by atoms with Gasteiger partial charge in [-0.2, -0.15) is 0 Å².